The Morgan fingerprint density at radius 1 is 0.507 bits per heavy atom. The number of nitrogens with one attached hydrogen (secondary N) is 1. The third-order valence-corrected chi connectivity index (χ3v) is 13.4. The average molecular weight is 946 g/mol. The van der Waals surface area contributed by atoms with Crippen LogP contribution in [-0.4, -0.2) is 87.5 Å². The highest BCUT2D eigenvalue weighted by atomic mass is 16.7. The molecule has 1 fully saturated rings. The molecule has 1 saturated heterocycles. The van der Waals surface area contributed by atoms with Crippen LogP contribution in [0.1, 0.15) is 258 Å². The Morgan fingerprint density at radius 3 is 1.39 bits per heavy atom. The molecule has 7 unspecified atom stereocenters. The molecule has 0 aromatic carbocycles. The molecular formula is C58H107NO8. The van der Waals surface area contributed by atoms with Crippen LogP contribution < -0.4 is 5.32 Å². The zero-order valence-electron chi connectivity index (χ0n) is 43.4. The number of aliphatic hydroxyl groups excluding tert-OH is 5. The van der Waals surface area contributed by atoms with Gasteiger partial charge in [-0.25, -0.2) is 0 Å². The summed E-state index contributed by atoms with van der Waals surface area (Å²) in [4.78, 5) is 13.0. The van der Waals surface area contributed by atoms with Gasteiger partial charge in [0.1, 0.15) is 24.4 Å². The van der Waals surface area contributed by atoms with Crippen LogP contribution in [0.2, 0.25) is 0 Å². The predicted octanol–water partition coefficient (Wildman–Crippen LogP) is 13.7. The van der Waals surface area contributed by atoms with E-state index in [1.807, 2.05) is 6.08 Å². The third kappa shape index (κ3) is 37.6. The first kappa shape index (κ1) is 63.2. The van der Waals surface area contributed by atoms with Gasteiger partial charge in [-0.1, -0.05) is 242 Å². The minimum absolute atomic E-state index is 0.201. The lowest BCUT2D eigenvalue weighted by atomic mass is 9.99. The van der Waals surface area contributed by atoms with Crippen molar-refractivity contribution < 1.29 is 39.8 Å². The first-order chi connectivity index (χ1) is 32.8. The predicted molar refractivity (Wildman–Crippen MR) is 281 cm³/mol. The molecule has 9 nitrogen and oxygen atoms in total. The summed E-state index contributed by atoms with van der Waals surface area (Å²) in [6.07, 6.45) is 56.2. The van der Waals surface area contributed by atoms with Gasteiger partial charge in [-0.15, -0.1) is 0 Å². The molecule has 0 bridgehead atoms. The van der Waals surface area contributed by atoms with Crippen LogP contribution in [0.25, 0.3) is 0 Å². The maximum atomic E-state index is 13.0. The summed E-state index contributed by atoms with van der Waals surface area (Å²) in [6, 6.07) is -0.830. The van der Waals surface area contributed by atoms with Gasteiger partial charge in [0, 0.05) is 6.42 Å². The first-order valence-corrected chi connectivity index (χ1v) is 28.4. The molecule has 0 saturated carbocycles. The van der Waals surface area contributed by atoms with E-state index in [1.165, 1.54) is 167 Å². The van der Waals surface area contributed by atoms with Crippen molar-refractivity contribution in [3.63, 3.8) is 0 Å². The lowest BCUT2D eigenvalue weighted by Crippen LogP contribution is -2.60. The Labute approximate surface area is 412 Å². The van der Waals surface area contributed by atoms with Gasteiger partial charge < -0.3 is 40.3 Å². The van der Waals surface area contributed by atoms with Crippen molar-refractivity contribution in [1.29, 1.82) is 0 Å². The van der Waals surface area contributed by atoms with E-state index in [0.29, 0.717) is 6.42 Å². The number of carbonyl (C=O) groups is 1. The molecule has 1 heterocycles. The number of carbonyl (C=O) groups excluding carboxylic acids is 1. The normalized spacial score (nSPS) is 20.0. The third-order valence-electron chi connectivity index (χ3n) is 13.4. The van der Waals surface area contributed by atoms with E-state index in [-0.39, 0.29) is 12.5 Å². The maximum Gasteiger partial charge on any atom is 0.220 e. The molecule has 1 rings (SSSR count). The fourth-order valence-corrected chi connectivity index (χ4v) is 8.84. The van der Waals surface area contributed by atoms with E-state index in [2.05, 4.69) is 55.6 Å². The number of amides is 1. The second kappa shape index (κ2) is 47.8. The van der Waals surface area contributed by atoms with Crippen molar-refractivity contribution in [3.05, 3.63) is 48.6 Å². The molecule has 0 radical (unpaired) electrons. The minimum atomic E-state index is -1.58. The van der Waals surface area contributed by atoms with Gasteiger partial charge in [-0.3, -0.25) is 4.79 Å². The van der Waals surface area contributed by atoms with Gasteiger partial charge in [-0.05, 0) is 57.8 Å². The topological polar surface area (TPSA) is 149 Å². The summed E-state index contributed by atoms with van der Waals surface area (Å²) in [5.74, 6) is -0.201. The molecule has 9 heteroatoms. The molecule has 6 N–H and O–H groups in total. The Bertz CT molecular complexity index is 1190. The van der Waals surface area contributed by atoms with Gasteiger partial charge in [0.25, 0.3) is 0 Å². The van der Waals surface area contributed by atoms with E-state index in [4.69, 9.17) is 9.47 Å². The largest absolute Gasteiger partial charge is 0.394 e. The molecule has 1 aliphatic rings. The molecule has 7 atom stereocenters. The number of unbranched alkanes of at least 4 members (excludes halogenated alkanes) is 32. The first-order valence-electron chi connectivity index (χ1n) is 28.4. The van der Waals surface area contributed by atoms with Crippen LogP contribution >= 0.6 is 0 Å². The van der Waals surface area contributed by atoms with Crippen LogP contribution in [0.3, 0.4) is 0 Å². The molecule has 1 amide bonds. The molecule has 0 aromatic heterocycles. The number of aliphatic hydroxyl groups is 5. The zero-order chi connectivity index (χ0) is 48.7. The molecular weight excluding hydrogens is 839 g/mol. The Hall–Kier alpha value is -1.85. The summed E-state index contributed by atoms with van der Waals surface area (Å²) < 4.78 is 11.2. The summed E-state index contributed by atoms with van der Waals surface area (Å²) in [5.41, 5.74) is 0. The van der Waals surface area contributed by atoms with Crippen LogP contribution in [0, 0.1) is 0 Å². The van der Waals surface area contributed by atoms with Crippen LogP contribution in [0.4, 0.5) is 0 Å². The minimum Gasteiger partial charge on any atom is -0.394 e. The van der Waals surface area contributed by atoms with Gasteiger partial charge in [0.05, 0.1) is 25.4 Å². The number of hydrogen-bond donors (Lipinski definition) is 6. The zero-order valence-corrected chi connectivity index (χ0v) is 43.4. The molecule has 1 aliphatic heterocycles. The van der Waals surface area contributed by atoms with Crippen molar-refractivity contribution >= 4 is 5.91 Å². The summed E-state index contributed by atoms with van der Waals surface area (Å²) >= 11 is 0. The second-order valence-electron chi connectivity index (χ2n) is 19.7. The summed E-state index contributed by atoms with van der Waals surface area (Å²) in [6.45, 7) is 3.72. The number of allylic oxidation sites excluding steroid dienone is 7. The SMILES string of the molecule is CCCC/C=C\C/C=C\CCCCCCCC(=O)NC(COC1OC(CO)C(O)C(O)C1O)C(O)/C=C/CC/C=C/CCCCCCCCCCCCCCCCCCCCCCCCCC. The van der Waals surface area contributed by atoms with Crippen molar-refractivity contribution in [2.24, 2.45) is 0 Å². The van der Waals surface area contributed by atoms with Gasteiger partial charge >= 0.3 is 0 Å². The van der Waals surface area contributed by atoms with E-state index in [1.54, 1.807) is 6.08 Å². The molecule has 0 aromatic rings. The Morgan fingerprint density at radius 2 is 0.910 bits per heavy atom. The number of ether oxygens (including phenoxy) is 2. The number of hydrogen-bond acceptors (Lipinski definition) is 8. The summed E-state index contributed by atoms with van der Waals surface area (Å²) in [7, 11) is 0. The Kier molecular flexibility index (Phi) is 45.1. The van der Waals surface area contributed by atoms with Crippen molar-refractivity contribution in [3.8, 4) is 0 Å². The molecule has 0 spiro atoms. The van der Waals surface area contributed by atoms with Crippen LogP contribution in [-0.2, 0) is 14.3 Å². The highest BCUT2D eigenvalue weighted by molar-refractivity contribution is 5.76. The fourth-order valence-electron chi connectivity index (χ4n) is 8.84. The molecule has 0 aliphatic carbocycles. The lowest BCUT2D eigenvalue weighted by molar-refractivity contribution is -0.302. The summed E-state index contributed by atoms with van der Waals surface area (Å²) in [5, 5.41) is 54.4. The van der Waals surface area contributed by atoms with Gasteiger partial charge in [0.2, 0.25) is 5.91 Å². The smallest absolute Gasteiger partial charge is 0.220 e. The second-order valence-corrected chi connectivity index (χ2v) is 19.7. The van der Waals surface area contributed by atoms with Crippen LogP contribution in [0.5, 0.6) is 0 Å². The highest BCUT2D eigenvalue weighted by Gasteiger charge is 2.44. The molecule has 67 heavy (non-hydrogen) atoms. The average Bonchev–Trinajstić information content (AvgIpc) is 3.33. The van der Waals surface area contributed by atoms with E-state index < -0.39 is 49.5 Å². The maximum absolute atomic E-state index is 13.0. The van der Waals surface area contributed by atoms with E-state index in [9.17, 15) is 30.3 Å². The highest BCUT2D eigenvalue weighted by Crippen LogP contribution is 2.23. The van der Waals surface area contributed by atoms with Crippen LogP contribution in [0.15, 0.2) is 48.6 Å². The number of rotatable bonds is 48. The lowest BCUT2D eigenvalue weighted by Gasteiger charge is -2.40. The monoisotopic (exact) mass is 946 g/mol. The standard InChI is InChI=1S/C58H107NO8/c1-3-5-7-9-11-13-15-17-19-20-21-22-23-24-25-26-27-28-29-30-31-32-33-34-35-37-39-41-43-45-47-52(61)51(50-66-58-57(65)56(64)55(63)53(49-60)67-58)59-54(62)48-46-44-42-40-38-36-18-16-14-12-10-8-6-4-2/h10,12,16,18,37,39,45,47,51-53,55-58,60-61,63-65H,3-9,11,13-15,17,19-36,38,40-44,46,48-50H2,1-2H3,(H,59,62)/b12-10-,18-16-,39-37+,47-45+. The fraction of sp³-hybridized carbons (Fsp3) is 0.845. The van der Waals surface area contributed by atoms with E-state index in [0.717, 1.165) is 70.6 Å². The van der Waals surface area contributed by atoms with Gasteiger partial charge in [0.15, 0.2) is 6.29 Å². The van der Waals surface area contributed by atoms with Crippen molar-refractivity contribution in [2.75, 3.05) is 13.2 Å². The molecule has 392 valence electrons. The van der Waals surface area contributed by atoms with E-state index >= 15 is 0 Å². The van der Waals surface area contributed by atoms with Crippen molar-refractivity contribution in [1.82, 2.24) is 5.32 Å². The quantitative estimate of drug-likeness (QED) is 0.0261. The van der Waals surface area contributed by atoms with Gasteiger partial charge in [-0.2, -0.15) is 0 Å². The van der Waals surface area contributed by atoms with Crippen molar-refractivity contribution in [2.45, 2.75) is 301 Å². The Balaban J connectivity index is 2.20.